The molecule has 1 aromatic rings. The van der Waals surface area contributed by atoms with Crippen LogP contribution in [-0.4, -0.2) is 35.7 Å². The van der Waals surface area contributed by atoms with Crippen molar-refractivity contribution < 1.29 is 14.4 Å². The van der Waals surface area contributed by atoms with Gasteiger partial charge in [0, 0.05) is 12.1 Å². The predicted octanol–water partition coefficient (Wildman–Crippen LogP) is 0.865. The largest absolute Gasteiger partial charge is 0.336 e. The molecule has 1 aromatic carbocycles. The normalized spacial score (nSPS) is 19.7. The molecule has 1 N–H and O–H groups in total. The number of nitrogens with one attached hydrogen (secondary N) is 1. The van der Waals surface area contributed by atoms with Gasteiger partial charge in [0.25, 0.3) is 11.8 Å². The summed E-state index contributed by atoms with van der Waals surface area (Å²) in [6.45, 7) is 0.392. The Labute approximate surface area is 111 Å². The maximum atomic E-state index is 12.3. The van der Waals surface area contributed by atoms with Crippen LogP contribution in [0.2, 0.25) is 0 Å². The van der Waals surface area contributed by atoms with E-state index >= 15 is 0 Å². The van der Waals surface area contributed by atoms with Crippen molar-refractivity contribution in [3.63, 3.8) is 0 Å². The summed E-state index contributed by atoms with van der Waals surface area (Å²) in [5.74, 6) is -0.667. The number of imide groups is 1. The second-order valence-electron chi connectivity index (χ2n) is 4.46. The van der Waals surface area contributed by atoms with Crippen molar-refractivity contribution in [3.05, 3.63) is 35.9 Å². The summed E-state index contributed by atoms with van der Waals surface area (Å²) in [4.78, 5) is 36.1. The predicted molar refractivity (Wildman–Crippen MR) is 69.0 cm³/mol. The number of hydrogen-bond acceptors (Lipinski definition) is 3. The van der Waals surface area contributed by atoms with Gasteiger partial charge in [0.05, 0.1) is 0 Å². The Balaban J connectivity index is 2.19. The van der Waals surface area contributed by atoms with Gasteiger partial charge in [-0.25, -0.2) is 0 Å². The Hall–Kier alpha value is -2.17. The van der Waals surface area contributed by atoms with Crippen molar-refractivity contribution in [1.82, 2.24) is 10.2 Å². The van der Waals surface area contributed by atoms with Crippen molar-refractivity contribution in [2.24, 2.45) is 0 Å². The van der Waals surface area contributed by atoms with E-state index in [2.05, 4.69) is 5.32 Å². The molecule has 2 rings (SSSR count). The van der Waals surface area contributed by atoms with Gasteiger partial charge in [0.1, 0.15) is 6.04 Å². The highest BCUT2D eigenvalue weighted by Crippen LogP contribution is 2.15. The Morgan fingerprint density at radius 1 is 1.26 bits per heavy atom. The minimum Gasteiger partial charge on any atom is -0.336 e. The van der Waals surface area contributed by atoms with E-state index in [0.717, 1.165) is 12.8 Å². The summed E-state index contributed by atoms with van der Waals surface area (Å²) in [6, 6.07) is 8.03. The zero-order valence-electron chi connectivity index (χ0n) is 10.5. The van der Waals surface area contributed by atoms with Crippen LogP contribution in [0.5, 0.6) is 0 Å². The molecule has 99 valence electrons. The fourth-order valence-electron chi connectivity index (χ4n) is 2.18. The summed E-state index contributed by atoms with van der Waals surface area (Å²) in [5.41, 5.74) is 0.478. The van der Waals surface area contributed by atoms with Crippen LogP contribution in [0.15, 0.2) is 30.3 Å². The molecule has 19 heavy (non-hydrogen) atoms. The summed E-state index contributed by atoms with van der Waals surface area (Å²) >= 11 is 0. The third-order valence-corrected chi connectivity index (χ3v) is 3.19. The molecular formula is C14H15N2O3. The van der Waals surface area contributed by atoms with Crippen molar-refractivity contribution >= 4 is 18.2 Å². The molecule has 1 saturated heterocycles. The highest BCUT2D eigenvalue weighted by atomic mass is 16.2. The fourth-order valence-corrected chi connectivity index (χ4v) is 2.18. The molecule has 1 heterocycles. The third-order valence-electron chi connectivity index (χ3n) is 3.19. The van der Waals surface area contributed by atoms with Crippen molar-refractivity contribution in [3.8, 4) is 0 Å². The molecule has 1 aliphatic rings. The molecule has 0 spiro atoms. The van der Waals surface area contributed by atoms with Gasteiger partial charge in [0.2, 0.25) is 0 Å². The van der Waals surface area contributed by atoms with Gasteiger partial charge >= 0.3 is 6.41 Å². The number of amides is 3. The second-order valence-corrected chi connectivity index (χ2v) is 4.46. The quantitative estimate of drug-likeness (QED) is 0.647. The molecule has 0 aromatic heterocycles. The van der Waals surface area contributed by atoms with Gasteiger partial charge in [-0.3, -0.25) is 19.3 Å². The molecule has 1 aliphatic heterocycles. The van der Waals surface area contributed by atoms with Crippen molar-refractivity contribution in [2.45, 2.75) is 25.3 Å². The number of carbonyl (C=O) groups excluding carboxylic acids is 3. The van der Waals surface area contributed by atoms with Crippen molar-refractivity contribution in [1.29, 1.82) is 0 Å². The Morgan fingerprint density at radius 3 is 2.68 bits per heavy atom. The van der Waals surface area contributed by atoms with E-state index < -0.39 is 6.04 Å². The lowest BCUT2D eigenvalue weighted by Gasteiger charge is -2.22. The first kappa shape index (κ1) is 13.3. The Morgan fingerprint density at radius 2 is 2.00 bits per heavy atom. The third kappa shape index (κ3) is 2.99. The topological polar surface area (TPSA) is 66.5 Å². The van der Waals surface area contributed by atoms with Crippen LogP contribution in [0.3, 0.4) is 0 Å². The molecule has 1 radical (unpaired) electrons. The summed E-state index contributed by atoms with van der Waals surface area (Å²) < 4.78 is 0. The van der Waals surface area contributed by atoms with Crippen LogP contribution >= 0.6 is 0 Å². The number of carbonyl (C=O) groups is 2. The molecule has 3 amide bonds. The van der Waals surface area contributed by atoms with Gasteiger partial charge in [-0.2, -0.15) is 0 Å². The lowest BCUT2D eigenvalue weighted by atomic mass is 10.1. The van der Waals surface area contributed by atoms with E-state index in [1.165, 1.54) is 11.3 Å². The standard InChI is InChI=1S/C14H15N2O3/c17-10-15-12-8-4-5-9-16(14(12)19)13(18)11-6-2-1-3-7-11/h1-3,6-7,12H,4-5,8-9H2,(H,15,17)/t12-/m0/s1. The van der Waals surface area contributed by atoms with Gasteiger partial charge in [-0.05, 0) is 31.4 Å². The van der Waals surface area contributed by atoms with Crippen LogP contribution in [-0.2, 0) is 9.59 Å². The maximum Gasteiger partial charge on any atom is 0.309 e. The van der Waals surface area contributed by atoms with Crippen LogP contribution < -0.4 is 5.32 Å². The van der Waals surface area contributed by atoms with Crippen LogP contribution in [0, 0.1) is 0 Å². The summed E-state index contributed by atoms with van der Waals surface area (Å²) in [7, 11) is 0. The minimum atomic E-state index is -0.646. The first-order chi connectivity index (χ1) is 9.24. The SMILES string of the molecule is O=[C]N[C@H]1CCCCN(C(=O)c2ccccc2)C1=O. The first-order valence-corrected chi connectivity index (χ1v) is 6.27. The molecule has 5 heteroatoms. The molecule has 0 bridgehead atoms. The van der Waals surface area contributed by atoms with Crippen LogP contribution in [0.25, 0.3) is 0 Å². The monoisotopic (exact) mass is 259 g/mol. The summed E-state index contributed by atoms with van der Waals surface area (Å²) in [5, 5.41) is 2.36. The van der Waals surface area contributed by atoms with E-state index in [0.29, 0.717) is 18.5 Å². The van der Waals surface area contributed by atoms with E-state index in [9.17, 15) is 14.4 Å². The molecule has 1 atom stereocenters. The molecule has 0 unspecified atom stereocenters. The maximum absolute atomic E-state index is 12.3. The number of likely N-dealkylation sites (tertiary alicyclic amines) is 1. The Kier molecular flexibility index (Phi) is 4.28. The number of benzene rings is 1. The molecule has 5 nitrogen and oxygen atoms in total. The minimum absolute atomic E-state index is 0.315. The smallest absolute Gasteiger partial charge is 0.309 e. The van der Waals surface area contributed by atoms with Crippen molar-refractivity contribution in [2.75, 3.05) is 6.54 Å². The number of hydrogen-bond donors (Lipinski definition) is 1. The first-order valence-electron chi connectivity index (χ1n) is 6.27. The summed E-state index contributed by atoms with van der Waals surface area (Å²) in [6.07, 6.45) is 3.63. The lowest BCUT2D eigenvalue weighted by Crippen LogP contribution is -2.47. The fraction of sp³-hybridized carbons (Fsp3) is 0.357. The van der Waals surface area contributed by atoms with Gasteiger partial charge in [-0.15, -0.1) is 0 Å². The average molecular weight is 259 g/mol. The number of nitrogens with zero attached hydrogens (tertiary/aromatic N) is 1. The Bertz CT molecular complexity index is 473. The molecule has 0 aliphatic carbocycles. The van der Waals surface area contributed by atoms with Gasteiger partial charge in [-0.1, -0.05) is 18.2 Å². The van der Waals surface area contributed by atoms with Crippen LogP contribution in [0.4, 0.5) is 0 Å². The highest BCUT2D eigenvalue weighted by Gasteiger charge is 2.31. The van der Waals surface area contributed by atoms with Gasteiger partial charge in [0.15, 0.2) is 0 Å². The average Bonchev–Trinajstić information content (AvgIpc) is 2.62. The van der Waals surface area contributed by atoms with E-state index in [-0.39, 0.29) is 11.8 Å². The van der Waals surface area contributed by atoms with E-state index in [1.807, 2.05) is 6.07 Å². The highest BCUT2D eigenvalue weighted by molar-refractivity contribution is 6.06. The van der Waals surface area contributed by atoms with E-state index in [4.69, 9.17) is 0 Å². The number of rotatable bonds is 3. The molecule has 0 saturated carbocycles. The zero-order valence-corrected chi connectivity index (χ0v) is 10.5. The molecular weight excluding hydrogens is 244 g/mol. The molecule has 1 fully saturated rings. The lowest BCUT2D eigenvalue weighted by molar-refractivity contribution is -0.129. The van der Waals surface area contributed by atoms with E-state index in [1.54, 1.807) is 24.3 Å². The second kappa shape index (κ2) is 6.13. The zero-order chi connectivity index (χ0) is 13.7. The van der Waals surface area contributed by atoms with Gasteiger partial charge < -0.3 is 5.32 Å². The van der Waals surface area contributed by atoms with Crippen LogP contribution in [0.1, 0.15) is 29.6 Å².